The minimum atomic E-state index is -0.103. The number of hydrogen-bond donors (Lipinski definition) is 2. The lowest BCUT2D eigenvalue weighted by Gasteiger charge is -2.35. The molecular weight excluding hydrogens is 326 g/mol. The second-order valence-electron chi connectivity index (χ2n) is 6.69. The quantitative estimate of drug-likeness (QED) is 0.783. The van der Waals surface area contributed by atoms with Gasteiger partial charge in [0.15, 0.2) is 0 Å². The number of rotatable bonds is 6. The molecule has 1 amide bonds. The van der Waals surface area contributed by atoms with E-state index >= 15 is 0 Å². The van der Waals surface area contributed by atoms with Gasteiger partial charge in [-0.3, -0.25) is 9.69 Å². The van der Waals surface area contributed by atoms with Crippen molar-refractivity contribution in [3.8, 4) is 5.75 Å². The molecule has 138 valence electrons. The number of anilines is 1. The van der Waals surface area contributed by atoms with Crippen LogP contribution in [-0.4, -0.2) is 37.6 Å². The molecule has 1 heterocycles. The molecule has 0 saturated carbocycles. The van der Waals surface area contributed by atoms with Crippen LogP contribution in [0.1, 0.15) is 41.2 Å². The molecule has 1 fully saturated rings. The Balaban J connectivity index is 1.78. The molecule has 0 spiro atoms. The molecule has 1 aliphatic rings. The third-order valence-corrected chi connectivity index (χ3v) is 4.93. The third kappa shape index (κ3) is 4.35. The van der Waals surface area contributed by atoms with Crippen LogP contribution in [0.15, 0.2) is 48.5 Å². The highest BCUT2D eigenvalue weighted by molar-refractivity contribution is 5.95. The number of carbonyl (C=O) groups is 1. The van der Waals surface area contributed by atoms with Crippen LogP contribution >= 0.6 is 0 Å². The molecule has 0 bridgehead atoms. The number of carbonyl (C=O) groups excluding carboxylic acids is 1. The molecule has 5 nitrogen and oxygen atoms in total. The summed E-state index contributed by atoms with van der Waals surface area (Å²) in [5.41, 5.74) is 8.09. The largest absolute Gasteiger partial charge is 0.496 e. The van der Waals surface area contributed by atoms with Crippen LogP contribution in [0.2, 0.25) is 0 Å². The Morgan fingerprint density at radius 2 is 1.92 bits per heavy atom. The number of hydrogen-bond acceptors (Lipinski definition) is 4. The molecule has 1 unspecified atom stereocenters. The average Bonchev–Trinajstić information content (AvgIpc) is 2.69. The van der Waals surface area contributed by atoms with E-state index in [0.717, 1.165) is 24.4 Å². The lowest BCUT2D eigenvalue weighted by atomic mass is 10.0. The molecular formula is C21H27N3O2. The highest BCUT2D eigenvalue weighted by atomic mass is 16.5. The predicted molar refractivity (Wildman–Crippen MR) is 104 cm³/mol. The van der Waals surface area contributed by atoms with Gasteiger partial charge in [-0.05, 0) is 50.2 Å². The second-order valence-corrected chi connectivity index (χ2v) is 6.69. The van der Waals surface area contributed by atoms with Gasteiger partial charge in [-0.15, -0.1) is 0 Å². The van der Waals surface area contributed by atoms with Crippen molar-refractivity contribution in [2.45, 2.75) is 25.3 Å². The molecule has 0 radical (unpaired) electrons. The number of methoxy groups -OCH3 is 1. The zero-order valence-corrected chi connectivity index (χ0v) is 15.3. The van der Waals surface area contributed by atoms with E-state index in [1.54, 1.807) is 31.4 Å². The van der Waals surface area contributed by atoms with Crippen LogP contribution < -0.4 is 15.8 Å². The van der Waals surface area contributed by atoms with Crippen molar-refractivity contribution in [3.63, 3.8) is 0 Å². The van der Waals surface area contributed by atoms with E-state index in [0.29, 0.717) is 17.8 Å². The first-order valence-electron chi connectivity index (χ1n) is 9.20. The molecule has 2 aromatic rings. The van der Waals surface area contributed by atoms with Crippen molar-refractivity contribution < 1.29 is 9.53 Å². The maximum Gasteiger partial charge on any atom is 0.251 e. The number of benzene rings is 2. The van der Waals surface area contributed by atoms with Gasteiger partial charge < -0.3 is 15.8 Å². The lowest BCUT2D eigenvalue weighted by Crippen LogP contribution is -2.40. The van der Waals surface area contributed by atoms with Gasteiger partial charge in [-0.1, -0.05) is 30.7 Å². The summed E-state index contributed by atoms with van der Waals surface area (Å²) in [6.45, 7) is 2.61. The summed E-state index contributed by atoms with van der Waals surface area (Å²) in [4.78, 5) is 15.0. The Bertz CT molecular complexity index is 742. The molecule has 0 aromatic heterocycles. The number of amides is 1. The van der Waals surface area contributed by atoms with Crippen molar-refractivity contribution in [2.24, 2.45) is 0 Å². The van der Waals surface area contributed by atoms with E-state index in [1.165, 1.54) is 19.3 Å². The molecule has 1 saturated heterocycles. The van der Waals surface area contributed by atoms with Crippen molar-refractivity contribution in [2.75, 3.05) is 32.5 Å². The van der Waals surface area contributed by atoms with Crippen molar-refractivity contribution in [3.05, 3.63) is 59.7 Å². The Labute approximate surface area is 155 Å². The number of nitrogens with one attached hydrogen (secondary N) is 1. The first kappa shape index (κ1) is 18.3. The van der Waals surface area contributed by atoms with Gasteiger partial charge in [-0.2, -0.15) is 0 Å². The number of nitrogen functional groups attached to an aromatic ring is 1. The van der Waals surface area contributed by atoms with Crippen LogP contribution in [0.25, 0.3) is 0 Å². The molecule has 2 aromatic carbocycles. The van der Waals surface area contributed by atoms with E-state index < -0.39 is 0 Å². The summed E-state index contributed by atoms with van der Waals surface area (Å²) < 4.78 is 5.57. The number of ether oxygens (including phenoxy) is 1. The second kappa shape index (κ2) is 8.72. The standard InChI is InChI=1S/C21H27N3O2/c1-26-20-11-4-3-10-18(20)19(24-12-5-2-6-13-24)15-23-21(25)16-8-7-9-17(22)14-16/h3-4,7-11,14,19H,2,5-6,12-13,15,22H2,1H3,(H,23,25). The Kier molecular flexibility index (Phi) is 6.12. The Hall–Kier alpha value is -2.53. The van der Waals surface area contributed by atoms with Crippen LogP contribution in [-0.2, 0) is 0 Å². The zero-order chi connectivity index (χ0) is 18.4. The summed E-state index contributed by atoms with van der Waals surface area (Å²) in [5, 5.41) is 3.08. The van der Waals surface area contributed by atoms with Gasteiger partial charge in [0, 0.05) is 23.4 Å². The first-order chi connectivity index (χ1) is 12.7. The Morgan fingerprint density at radius 3 is 2.65 bits per heavy atom. The highest BCUT2D eigenvalue weighted by Gasteiger charge is 2.25. The summed E-state index contributed by atoms with van der Waals surface area (Å²) in [7, 11) is 1.69. The van der Waals surface area contributed by atoms with Crippen molar-refractivity contribution in [1.29, 1.82) is 0 Å². The normalized spacial score (nSPS) is 16.0. The van der Waals surface area contributed by atoms with E-state index in [4.69, 9.17) is 10.5 Å². The predicted octanol–water partition coefficient (Wildman–Crippen LogP) is 3.23. The number of nitrogens with two attached hydrogens (primary N) is 1. The average molecular weight is 353 g/mol. The molecule has 0 aliphatic carbocycles. The maximum absolute atomic E-state index is 12.6. The fourth-order valence-electron chi connectivity index (χ4n) is 3.58. The van der Waals surface area contributed by atoms with Gasteiger partial charge in [0.25, 0.3) is 5.91 Å². The monoisotopic (exact) mass is 353 g/mol. The molecule has 3 rings (SSSR count). The number of para-hydroxylation sites is 1. The maximum atomic E-state index is 12.6. The number of likely N-dealkylation sites (tertiary alicyclic amines) is 1. The van der Waals surface area contributed by atoms with Crippen LogP contribution in [0.3, 0.4) is 0 Å². The first-order valence-corrected chi connectivity index (χ1v) is 9.20. The zero-order valence-electron chi connectivity index (χ0n) is 15.3. The smallest absolute Gasteiger partial charge is 0.251 e. The summed E-state index contributed by atoms with van der Waals surface area (Å²) >= 11 is 0. The van der Waals surface area contributed by atoms with Crippen LogP contribution in [0.5, 0.6) is 5.75 Å². The van der Waals surface area contributed by atoms with Gasteiger partial charge >= 0.3 is 0 Å². The number of piperidine rings is 1. The van der Waals surface area contributed by atoms with E-state index in [9.17, 15) is 4.79 Å². The molecule has 3 N–H and O–H groups in total. The number of nitrogens with zero attached hydrogens (tertiary/aromatic N) is 1. The van der Waals surface area contributed by atoms with Gasteiger partial charge in [0.1, 0.15) is 5.75 Å². The SMILES string of the molecule is COc1ccccc1C(CNC(=O)c1cccc(N)c1)N1CCCCC1. The summed E-state index contributed by atoms with van der Waals surface area (Å²) in [6, 6.07) is 15.2. The fraction of sp³-hybridized carbons (Fsp3) is 0.381. The Morgan fingerprint density at radius 1 is 1.15 bits per heavy atom. The minimum Gasteiger partial charge on any atom is -0.496 e. The summed E-state index contributed by atoms with van der Waals surface area (Å²) in [6.07, 6.45) is 3.65. The van der Waals surface area contributed by atoms with Crippen molar-refractivity contribution in [1.82, 2.24) is 10.2 Å². The van der Waals surface area contributed by atoms with Gasteiger partial charge in [0.2, 0.25) is 0 Å². The van der Waals surface area contributed by atoms with Gasteiger partial charge in [0.05, 0.1) is 13.2 Å². The van der Waals surface area contributed by atoms with Crippen LogP contribution in [0.4, 0.5) is 5.69 Å². The molecule has 1 aliphatic heterocycles. The van der Waals surface area contributed by atoms with E-state index in [1.807, 2.05) is 18.2 Å². The summed E-state index contributed by atoms with van der Waals surface area (Å²) in [5.74, 6) is 0.760. The van der Waals surface area contributed by atoms with Crippen molar-refractivity contribution >= 4 is 11.6 Å². The lowest BCUT2D eigenvalue weighted by molar-refractivity contribution is 0.0923. The van der Waals surface area contributed by atoms with Crippen LogP contribution in [0, 0.1) is 0 Å². The molecule has 1 atom stereocenters. The third-order valence-electron chi connectivity index (χ3n) is 4.93. The molecule has 26 heavy (non-hydrogen) atoms. The van der Waals surface area contributed by atoms with Gasteiger partial charge in [-0.25, -0.2) is 0 Å². The fourth-order valence-corrected chi connectivity index (χ4v) is 3.58. The van der Waals surface area contributed by atoms with E-state index in [2.05, 4.69) is 16.3 Å². The topological polar surface area (TPSA) is 67.6 Å². The molecule has 5 heteroatoms. The highest BCUT2D eigenvalue weighted by Crippen LogP contribution is 2.31. The van der Waals surface area contributed by atoms with E-state index in [-0.39, 0.29) is 11.9 Å². The minimum absolute atomic E-state index is 0.0939.